The second kappa shape index (κ2) is 2.95. The zero-order chi connectivity index (χ0) is 11.7. The van der Waals surface area contributed by atoms with E-state index in [1.807, 2.05) is 0 Å². The lowest BCUT2D eigenvalue weighted by molar-refractivity contribution is -0.241. The molecule has 1 aliphatic carbocycles. The number of esters is 1. The summed E-state index contributed by atoms with van der Waals surface area (Å²) in [5, 5.41) is 29.9. The minimum atomic E-state index is -1.29. The predicted molar refractivity (Wildman–Crippen MR) is 48.9 cm³/mol. The van der Waals surface area contributed by atoms with Gasteiger partial charge in [0.2, 0.25) is 0 Å². The summed E-state index contributed by atoms with van der Waals surface area (Å²) in [5.41, 5.74) is -1.29. The number of rotatable bonds is 0. The zero-order valence-corrected chi connectivity index (χ0v) is 8.74. The average molecular weight is 230 g/mol. The molecule has 2 aliphatic heterocycles. The first-order chi connectivity index (χ1) is 7.47. The van der Waals surface area contributed by atoms with Crippen LogP contribution in [0.4, 0.5) is 0 Å². The highest BCUT2D eigenvalue weighted by Crippen LogP contribution is 2.53. The third kappa shape index (κ3) is 0.982. The van der Waals surface area contributed by atoms with Crippen LogP contribution < -0.4 is 0 Å². The van der Waals surface area contributed by atoms with E-state index in [1.165, 1.54) is 0 Å². The molecule has 3 N–H and O–H groups in total. The minimum absolute atomic E-state index is 0.0826. The van der Waals surface area contributed by atoms with Gasteiger partial charge in [-0.15, -0.1) is 0 Å². The van der Waals surface area contributed by atoms with Gasteiger partial charge in [0.15, 0.2) is 6.29 Å². The van der Waals surface area contributed by atoms with Gasteiger partial charge < -0.3 is 24.8 Å². The van der Waals surface area contributed by atoms with Crippen LogP contribution >= 0.6 is 0 Å². The molecule has 0 unspecified atom stereocenters. The Labute approximate surface area is 91.8 Å². The van der Waals surface area contributed by atoms with E-state index in [4.69, 9.17) is 9.47 Å². The molecule has 0 aromatic carbocycles. The summed E-state index contributed by atoms with van der Waals surface area (Å²) >= 11 is 0. The van der Waals surface area contributed by atoms with E-state index in [0.29, 0.717) is 0 Å². The van der Waals surface area contributed by atoms with Gasteiger partial charge in [-0.2, -0.15) is 0 Å². The van der Waals surface area contributed by atoms with Gasteiger partial charge >= 0.3 is 5.97 Å². The maximum atomic E-state index is 11.5. The zero-order valence-electron chi connectivity index (χ0n) is 8.74. The van der Waals surface area contributed by atoms with Crippen LogP contribution in [0.3, 0.4) is 0 Å². The molecule has 0 bridgehead atoms. The lowest BCUT2D eigenvalue weighted by Gasteiger charge is -2.40. The molecule has 0 aromatic rings. The fourth-order valence-electron chi connectivity index (χ4n) is 3.24. The van der Waals surface area contributed by atoms with E-state index in [1.54, 1.807) is 6.92 Å². The lowest BCUT2D eigenvalue weighted by atomic mass is 9.76. The summed E-state index contributed by atoms with van der Waals surface area (Å²) in [4.78, 5) is 11.5. The summed E-state index contributed by atoms with van der Waals surface area (Å²) < 4.78 is 10.0. The summed E-state index contributed by atoms with van der Waals surface area (Å²) in [6.45, 7) is 1.61. The molecule has 2 saturated heterocycles. The van der Waals surface area contributed by atoms with Gasteiger partial charge in [0.05, 0.1) is 12.7 Å². The highest BCUT2D eigenvalue weighted by molar-refractivity contribution is 5.76. The second-order valence-corrected chi connectivity index (χ2v) is 4.93. The fraction of sp³-hybridized carbons (Fsp3) is 0.900. The Hall–Kier alpha value is -0.690. The Kier molecular flexibility index (Phi) is 1.93. The van der Waals surface area contributed by atoms with Crippen molar-refractivity contribution in [3.63, 3.8) is 0 Å². The second-order valence-electron chi connectivity index (χ2n) is 4.93. The predicted octanol–water partition coefficient (Wildman–Crippen LogP) is -1.77. The Morgan fingerprint density at radius 2 is 2.12 bits per heavy atom. The van der Waals surface area contributed by atoms with E-state index >= 15 is 0 Å². The van der Waals surface area contributed by atoms with Crippen molar-refractivity contribution in [3.8, 4) is 0 Å². The van der Waals surface area contributed by atoms with E-state index < -0.39 is 47.8 Å². The molecule has 2 heterocycles. The van der Waals surface area contributed by atoms with E-state index in [-0.39, 0.29) is 6.61 Å². The van der Waals surface area contributed by atoms with Crippen molar-refractivity contribution in [2.75, 3.05) is 6.61 Å². The van der Waals surface area contributed by atoms with E-state index in [9.17, 15) is 20.1 Å². The van der Waals surface area contributed by atoms with Gasteiger partial charge in [-0.25, -0.2) is 0 Å². The molecule has 0 aromatic heterocycles. The topological polar surface area (TPSA) is 96.2 Å². The van der Waals surface area contributed by atoms with Gasteiger partial charge in [-0.3, -0.25) is 4.79 Å². The van der Waals surface area contributed by atoms with Gasteiger partial charge in [0, 0.05) is 11.8 Å². The number of aliphatic hydroxyl groups excluding tert-OH is 2. The molecular formula is C10H14O6. The van der Waals surface area contributed by atoms with Crippen LogP contribution in [-0.4, -0.2) is 52.0 Å². The number of hydrogen-bond acceptors (Lipinski definition) is 6. The molecule has 3 fully saturated rings. The Bertz CT molecular complexity index is 344. The molecule has 16 heavy (non-hydrogen) atoms. The van der Waals surface area contributed by atoms with Crippen molar-refractivity contribution >= 4 is 5.97 Å². The highest BCUT2D eigenvalue weighted by atomic mass is 16.6. The van der Waals surface area contributed by atoms with E-state index in [2.05, 4.69) is 0 Å². The molecule has 90 valence electrons. The molecule has 6 heteroatoms. The molecule has 3 aliphatic rings. The Morgan fingerprint density at radius 1 is 1.44 bits per heavy atom. The lowest BCUT2D eigenvalue weighted by Crippen LogP contribution is -2.55. The monoisotopic (exact) mass is 230 g/mol. The van der Waals surface area contributed by atoms with Gasteiger partial charge in [0.25, 0.3) is 0 Å². The van der Waals surface area contributed by atoms with Crippen LogP contribution in [0.5, 0.6) is 0 Å². The average Bonchev–Trinajstić information content (AvgIpc) is 2.68. The molecule has 0 radical (unpaired) electrons. The standard InChI is InChI=1S/C10H14O6/c1-3-6(11)7-5-4(9(13)16-7)8(12)15-2-10(3,5)14/h3-8,11-12,14H,2H2,1H3/t3-,4-,5-,6+,7+,8-,10-/m0/s1. The quantitative estimate of drug-likeness (QED) is 0.426. The Morgan fingerprint density at radius 3 is 2.81 bits per heavy atom. The maximum absolute atomic E-state index is 11.5. The third-order valence-electron chi connectivity index (χ3n) is 4.27. The first-order valence-corrected chi connectivity index (χ1v) is 5.37. The molecule has 0 amide bonds. The van der Waals surface area contributed by atoms with E-state index in [0.717, 1.165) is 0 Å². The van der Waals surface area contributed by atoms with Crippen molar-refractivity contribution in [3.05, 3.63) is 0 Å². The van der Waals surface area contributed by atoms with Crippen molar-refractivity contribution < 1.29 is 29.6 Å². The van der Waals surface area contributed by atoms with Crippen molar-refractivity contribution in [2.24, 2.45) is 17.8 Å². The third-order valence-corrected chi connectivity index (χ3v) is 4.27. The van der Waals surface area contributed by atoms with Crippen LogP contribution in [0.25, 0.3) is 0 Å². The molecular weight excluding hydrogens is 216 g/mol. The first kappa shape index (κ1) is 10.5. The SMILES string of the molecule is C[C@H]1[C@@H](O)[C@@H]2OC(=O)[C@H]3[C@@H]2[C@]1(O)CO[C@@H]3O. The smallest absolute Gasteiger partial charge is 0.315 e. The Balaban J connectivity index is 2.06. The number of carbonyl (C=O) groups excluding carboxylic acids is 1. The van der Waals surface area contributed by atoms with Gasteiger partial charge in [-0.1, -0.05) is 6.92 Å². The molecule has 0 spiro atoms. The minimum Gasteiger partial charge on any atom is -0.459 e. The summed E-state index contributed by atoms with van der Waals surface area (Å²) in [6.07, 6.45) is -2.88. The van der Waals surface area contributed by atoms with Crippen LogP contribution in [0.2, 0.25) is 0 Å². The summed E-state index contributed by atoms with van der Waals surface area (Å²) in [7, 11) is 0. The van der Waals surface area contributed by atoms with Gasteiger partial charge in [-0.05, 0) is 0 Å². The molecule has 7 atom stereocenters. The normalized spacial score (nSPS) is 59.6. The number of aliphatic hydroxyl groups is 3. The number of ether oxygens (including phenoxy) is 2. The maximum Gasteiger partial charge on any atom is 0.315 e. The van der Waals surface area contributed by atoms with Gasteiger partial charge in [0.1, 0.15) is 17.6 Å². The van der Waals surface area contributed by atoms with Crippen LogP contribution in [0.1, 0.15) is 6.92 Å². The molecule has 6 nitrogen and oxygen atoms in total. The largest absolute Gasteiger partial charge is 0.459 e. The van der Waals surface area contributed by atoms with Crippen molar-refractivity contribution in [2.45, 2.75) is 31.0 Å². The highest BCUT2D eigenvalue weighted by Gasteiger charge is 2.70. The number of hydrogen-bond donors (Lipinski definition) is 3. The molecule has 3 rings (SSSR count). The number of carbonyl (C=O) groups is 1. The van der Waals surface area contributed by atoms with Crippen LogP contribution in [0.15, 0.2) is 0 Å². The van der Waals surface area contributed by atoms with Crippen molar-refractivity contribution in [1.29, 1.82) is 0 Å². The molecule has 1 saturated carbocycles. The fourth-order valence-corrected chi connectivity index (χ4v) is 3.24. The summed E-state index contributed by atoms with van der Waals surface area (Å²) in [6, 6.07) is 0. The summed E-state index contributed by atoms with van der Waals surface area (Å²) in [5.74, 6) is -2.51. The van der Waals surface area contributed by atoms with Crippen molar-refractivity contribution in [1.82, 2.24) is 0 Å². The van der Waals surface area contributed by atoms with Crippen LogP contribution in [0, 0.1) is 17.8 Å². The first-order valence-electron chi connectivity index (χ1n) is 5.37. The van der Waals surface area contributed by atoms with Crippen LogP contribution in [-0.2, 0) is 14.3 Å².